The van der Waals surface area contributed by atoms with Gasteiger partial charge in [0.15, 0.2) is 5.69 Å². The highest BCUT2D eigenvalue weighted by Crippen LogP contribution is 2.35. The van der Waals surface area contributed by atoms with Gasteiger partial charge >= 0.3 is 5.97 Å². The predicted molar refractivity (Wildman–Crippen MR) is 72.2 cm³/mol. The van der Waals surface area contributed by atoms with Crippen molar-refractivity contribution in [1.29, 1.82) is 0 Å². The van der Waals surface area contributed by atoms with Crippen LogP contribution in [-0.4, -0.2) is 23.0 Å². The van der Waals surface area contributed by atoms with Gasteiger partial charge in [-0.3, -0.25) is 10.1 Å². The van der Waals surface area contributed by atoms with Crippen molar-refractivity contribution in [3.05, 3.63) is 44.2 Å². The molecule has 0 atom stereocenters. The number of rotatable bonds is 2. The molecule has 0 radical (unpaired) electrons. The van der Waals surface area contributed by atoms with E-state index in [4.69, 9.17) is 0 Å². The average Bonchev–Trinajstić information content (AvgIpc) is 2.38. The standard InChI is InChI=1S/C12H9BrN2O4/c1-6-3-4-8(15(17)18)10-7(13)5-14-11(9(6)10)12(16)19-2/h3-5H,1-2H3. The van der Waals surface area contributed by atoms with Crippen LogP contribution in [0.4, 0.5) is 5.69 Å². The van der Waals surface area contributed by atoms with Gasteiger partial charge < -0.3 is 4.74 Å². The number of fused-ring (bicyclic) bond motifs is 1. The van der Waals surface area contributed by atoms with Crippen molar-refractivity contribution in [3.8, 4) is 0 Å². The van der Waals surface area contributed by atoms with Gasteiger partial charge in [0.25, 0.3) is 5.69 Å². The summed E-state index contributed by atoms with van der Waals surface area (Å²) < 4.78 is 5.12. The summed E-state index contributed by atoms with van der Waals surface area (Å²) in [5.41, 5.74) is 0.705. The molecular formula is C12H9BrN2O4. The Morgan fingerprint density at radius 1 is 1.42 bits per heavy atom. The Morgan fingerprint density at radius 2 is 2.11 bits per heavy atom. The minimum Gasteiger partial charge on any atom is -0.464 e. The van der Waals surface area contributed by atoms with Gasteiger partial charge in [-0.1, -0.05) is 6.07 Å². The number of nitro benzene ring substituents is 1. The van der Waals surface area contributed by atoms with E-state index < -0.39 is 10.9 Å². The van der Waals surface area contributed by atoms with Crippen LogP contribution in [0.25, 0.3) is 10.8 Å². The number of nitrogens with zero attached hydrogens (tertiary/aromatic N) is 2. The Balaban J connectivity index is 2.97. The Kier molecular flexibility index (Phi) is 3.48. The van der Waals surface area contributed by atoms with Crippen LogP contribution in [0.15, 0.2) is 22.8 Å². The molecule has 0 unspecified atom stereocenters. The molecule has 0 N–H and O–H groups in total. The number of methoxy groups -OCH3 is 1. The molecule has 2 aromatic rings. The summed E-state index contributed by atoms with van der Waals surface area (Å²) in [6, 6.07) is 2.99. The Labute approximate surface area is 116 Å². The summed E-state index contributed by atoms with van der Waals surface area (Å²) in [7, 11) is 1.24. The zero-order valence-electron chi connectivity index (χ0n) is 10.1. The molecule has 2 rings (SSSR count). The van der Waals surface area contributed by atoms with Crippen molar-refractivity contribution in [2.24, 2.45) is 0 Å². The summed E-state index contributed by atoms with van der Waals surface area (Å²) in [4.78, 5) is 26.3. The summed E-state index contributed by atoms with van der Waals surface area (Å²) in [5.74, 6) is -0.624. The first-order chi connectivity index (χ1) is 8.97. The van der Waals surface area contributed by atoms with Crippen LogP contribution in [0.2, 0.25) is 0 Å². The number of carbonyl (C=O) groups is 1. The van der Waals surface area contributed by atoms with E-state index in [0.717, 1.165) is 5.56 Å². The van der Waals surface area contributed by atoms with E-state index in [1.165, 1.54) is 19.4 Å². The van der Waals surface area contributed by atoms with Crippen molar-refractivity contribution >= 4 is 38.4 Å². The fourth-order valence-corrected chi connectivity index (χ4v) is 2.40. The van der Waals surface area contributed by atoms with Gasteiger partial charge in [-0.15, -0.1) is 0 Å². The first-order valence-electron chi connectivity index (χ1n) is 5.28. The average molecular weight is 325 g/mol. The molecule has 0 saturated carbocycles. The van der Waals surface area contributed by atoms with Gasteiger partial charge in [-0.25, -0.2) is 9.78 Å². The second-order valence-electron chi connectivity index (χ2n) is 3.86. The molecule has 7 heteroatoms. The lowest BCUT2D eigenvalue weighted by atomic mass is 10.0. The number of aromatic nitrogens is 1. The summed E-state index contributed by atoms with van der Waals surface area (Å²) in [6.45, 7) is 1.76. The minimum atomic E-state index is -0.624. The molecule has 0 spiro atoms. The molecular weight excluding hydrogens is 316 g/mol. The van der Waals surface area contributed by atoms with Crippen LogP contribution in [0.1, 0.15) is 16.1 Å². The van der Waals surface area contributed by atoms with Crippen LogP contribution < -0.4 is 0 Å². The number of non-ortho nitro benzene ring substituents is 1. The maximum atomic E-state index is 11.7. The van der Waals surface area contributed by atoms with E-state index in [9.17, 15) is 14.9 Å². The lowest BCUT2D eigenvalue weighted by Gasteiger charge is -2.08. The minimum absolute atomic E-state index is 0.0712. The van der Waals surface area contributed by atoms with Crippen molar-refractivity contribution < 1.29 is 14.5 Å². The van der Waals surface area contributed by atoms with Gasteiger partial charge in [-0.05, 0) is 28.4 Å². The third kappa shape index (κ3) is 2.17. The fourth-order valence-electron chi connectivity index (χ4n) is 1.90. The maximum Gasteiger partial charge on any atom is 0.357 e. The largest absolute Gasteiger partial charge is 0.464 e. The zero-order valence-corrected chi connectivity index (χ0v) is 11.7. The molecule has 0 aliphatic rings. The number of pyridine rings is 1. The lowest BCUT2D eigenvalue weighted by Crippen LogP contribution is -2.07. The third-order valence-electron chi connectivity index (χ3n) is 2.75. The van der Waals surface area contributed by atoms with Crippen LogP contribution in [-0.2, 0) is 4.74 Å². The molecule has 0 amide bonds. The lowest BCUT2D eigenvalue weighted by molar-refractivity contribution is -0.383. The van der Waals surface area contributed by atoms with Crippen molar-refractivity contribution in [1.82, 2.24) is 4.98 Å². The molecule has 1 aromatic carbocycles. The quantitative estimate of drug-likeness (QED) is 0.481. The number of hydrogen-bond donors (Lipinski definition) is 0. The second kappa shape index (κ2) is 4.93. The Hall–Kier alpha value is -2.02. The first-order valence-corrected chi connectivity index (χ1v) is 6.07. The van der Waals surface area contributed by atoms with Gasteiger partial charge in [0.1, 0.15) is 0 Å². The normalized spacial score (nSPS) is 10.5. The molecule has 0 aliphatic heterocycles. The smallest absolute Gasteiger partial charge is 0.357 e. The molecule has 1 aromatic heterocycles. The molecule has 1 heterocycles. The van der Waals surface area contributed by atoms with Crippen LogP contribution in [0, 0.1) is 17.0 Å². The van der Waals surface area contributed by atoms with E-state index in [1.807, 2.05) is 0 Å². The van der Waals surface area contributed by atoms with E-state index in [2.05, 4.69) is 25.7 Å². The SMILES string of the molecule is COC(=O)c1ncc(Br)c2c([N+](=O)[O-])ccc(C)c12. The molecule has 0 saturated heterocycles. The van der Waals surface area contributed by atoms with E-state index in [1.54, 1.807) is 13.0 Å². The highest BCUT2D eigenvalue weighted by atomic mass is 79.9. The number of esters is 1. The van der Waals surface area contributed by atoms with E-state index in [-0.39, 0.29) is 11.4 Å². The number of benzene rings is 1. The zero-order chi connectivity index (χ0) is 14.2. The molecule has 19 heavy (non-hydrogen) atoms. The summed E-state index contributed by atoms with van der Waals surface area (Å²) in [5, 5.41) is 11.9. The molecule has 0 bridgehead atoms. The third-order valence-corrected chi connectivity index (χ3v) is 3.35. The monoisotopic (exact) mass is 324 g/mol. The highest BCUT2D eigenvalue weighted by molar-refractivity contribution is 9.10. The van der Waals surface area contributed by atoms with Crippen LogP contribution in [0.3, 0.4) is 0 Å². The number of carbonyl (C=O) groups excluding carboxylic acids is 1. The van der Waals surface area contributed by atoms with Gasteiger partial charge in [-0.2, -0.15) is 0 Å². The molecule has 0 aliphatic carbocycles. The fraction of sp³-hybridized carbons (Fsp3) is 0.167. The second-order valence-corrected chi connectivity index (χ2v) is 4.71. The predicted octanol–water partition coefficient (Wildman–Crippen LogP) is 3.00. The van der Waals surface area contributed by atoms with Gasteiger partial charge in [0.2, 0.25) is 0 Å². The van der Waals surface area contributed by atoms with E-state index >= 15 is 0 Å². The topological polar surface area (TPSA) is 82.3 Å². The van der Waals surface area contributed by atoms with Crippen molar-refractivity contribution in [3.63, 3.8) is 0 Å². The Morgan fingerprint density at radius 3 is 2.68 bits per heavy atom. The Bertz CT molecular complexity index is 700. The number of halogens is 1. The van der Waals surface area contributed by atoms with Crippen LogP contribution >= 0.6 is 15.9 Å². The molecule has 0 fully saturated rings. The summed E-state index contributed by atoms with van der Waals surface area (Å²) in [6.07, 6.45) is 1.36. The highest BCUT2D eigenvalue weighted by Gasteiger charge is 2.22. The van der Waals surface area contributed by atoms with Crippen LogP contribution in [0.5, 0.6) is 0 Å². The first kappa shape index (κ1) is 13.4. The van der Waals surface area contributed by atoms with Crippen molar-refractivity contribution in [2.75, 3.05) is 7.11 Å². The number of hydrogen-bond acceptors (Lipinski definition) is 5. The molecule has 6 nitrogen and oxygen atoms in total. The summed E-state index contributed by atoms with van der Waals surface area (Å²) >= 11 is 3.24. The number of nitro groups is 1. The van der Waals surface area contributed by atoms with Gasteiger partial charge in [0, 0.05) is 17.6 Å². The van der Waals surface area contributed by atoms with Crippen molar-refractivity contribution in [2.45, 2.75) is 6.92 Å². The number of ether oxygens (including phenoxy) is 1. The molecule has 98 valence electrons. The number of aryl methyl sites for hydroxylation is 1. The van der Waals surface area contributed by atoms with E-state index in [0.29, 0.717) is 15.2 Å². The van der Waals surface area contributed by atoms with Gasteiger partial charge in [0.05, 0.1) is 21.9 Å². The maximum absolute atomic E-state index is 11.7.